The lowest BCUT2D eigenvalue weighted by Gasteiger charge is -2.21. The minimum absolute atomic E-state index is 0.844. The molecule has 1 rings (SSSR count). The van der Waals surface area contributed by atoms with Crippen molar-refractivity contribution in [2.75, 3.05) is 27.2 Å². The number of guanidine groups is 1. The molecule has 0 saturated heterocycles. The van der Waals surface area contributed by atoms with Crippen LogP contribution < -0.4 is 5.32 Å². The molecule has 0 saturated carbocycles. The highest BCUT2D eigenvalue weighted by Gasteiger charge is 2.04. The Hall–Kier alpha value is -1.45. The van der Waals surface area contributed by atoms with Gasteiger partial charge in [-0.05, 0) is 18.6 Å². The molecule has 0 aromatic carbocycles. The van der Waals surface area contributed by atoms with Crippen molar-refractivity contribution in [3.8, 4) is 0 Å². The van der Waals surface area contributed by atoms with Crippen LogP contribution in [-0.2, 0) is 6.42 Å². The van der Waals surface area contributed by atoms with Gasteiger partial charge in [0.05, 0.1) is 6.26 Å². The van der Waals surface area contributed by atoms with Crippen LogP contribution in [0.4, 0.5) is 0 Å². The second-order valence-electron chi connectivity index (χ2n) is 4.08. The van der Waals surface area contributed by atoms with Crippen LogP contribution in [-0.4, -0.2) is 38.0 Å². The lowest BCUT2D eigenvalue weighted by Crippen LogP contribution is -2.40. The first-order valence-electron chi connectivity index (χ1n) is 6.22. The molecule has 0 atom stereocenters. The highest BCUT2D eigenvalue weighted by molar-refractivity contribution is 5.79. The van der Waals surface area contributed by atoms with Gasteiger partial charge in [0, 0.05) is 33.6 Å². The Labute approximate surface area is 104 Å². The molecule has 0 radical (unpaired) electrons. The average Bonchev–Trinajstić information content (AvgIpc) is 2.84. The van der Waals surface area contributed by atoms with Crippen LogP contribution in [0.3, 0.4) is 0 Å². The predicted octanol–water partition coefficient (Wildman–Crippen LogP) is 2.13. The summed E-state index contributed by atoms with van der Waals surface area (Å²) in [6, 6.07) is 3.91. The summed E-state index contributed by atoms with van der Waals surface area (Å²) in [7, 11) is 3.88. The summed E-state index contributed by atoms with van der Waals surface area (Å²) in [5, 5.41) is 3.33. The molecule has 0 aliphatic carbocycles. The summed E-state index contributed by atoms with van der Waals surface area (Å²) in [5.41, 5.74) is 0. The third-order valence-corrected chi connectivity index (χ3v) is 2.66. The lowest BCUT2D eigenvalue weighted by molar-refractivity contribution is 0.460. The molecule has 17 heavy (non-hydrogen) atoms. The number of hydrogen-bond donors (Lipinski definition) is 1. The summed E-state index contributed by atoms with van der Waals surface area (Å²) >= 11 is 0. The molecule has 0 aliphatic rings. The Kier molecular flexibility index (Phi) is 6.22. The van der Waals surface area contributed by atoms with E-state index in [0.717, 1.165) is 31.2 Å². The molecule has 0 unspecified atom stereocenters. The molecule has 1 aromatic rings. The van der Waals surface area contributed by atoms with E-state index < -0.39 is 0 Å². The summed E-state index contributed by atoms with van der Waals surface area (Å²) in [4.78, 5) is 6.42. The minimum atomic E-state index is 0.844. The Bertz CT molecular complexity index is 319. The Morgan fingerprint density at radius 2 is 2.35 bits per heavy atom. The number of nitrogens with zero attached hydrogens (tertiary/aromatic N) is 2. The zero-order valence-electron chi connectivity index (χ0n) is 11.1. The summed E-state index contributed by atoms with van der Waals surface area (Å²) in [6.45, 7) is 4.08. The number of hydrogen-bond acceptors (Lipinski definition) is 2. The molecule has 1 N–H and O–H groups in total. The van der Waals surface area contributed by atoms with Gasteiger partial charge in [0.15, 0.2) is 5.96 Å². The lowest BCUT2D eigenvalue weighted by atomic mass is 10.3. The van der Waals surface area contributed by atoms with Crippen molar-refractivity contribution in [2.24, 2.45) is 4.99 Å². The van der Waals surface area contributed by atoms with E-state index in [-0.39, 0.29) is 0 Å². The van der Waals surface area contributed by atoms with Crippen LogP contribution in [0.25, 0.3) is 0 Å². The Morgan fingerprint density at radius 3 is 2.94 bits per heavy atom. The fourth-order valence-corrected chi connectivity index (χ4v) is 1.64. The van der Waals surface area contributed by atoms with Crippen molar-refractivity contribution < 1.29 is 4.42 Å². The van der Waals surface area contributed by atoms with E-state index in [1.54, 1.807) is 6.26 Å². The smallest absolute Gasteiger partial charge is 0.193 e. The third-order valence-electron chi connectivity index (χ3n) is 2.66. The predicted molar refractivity (Wildman–Crippen MR) is 71.3 cm³/mol. The van der Waals surface area contributed by atoms with Gasteiger partial charge in [0.1, 0.15) is 5.76 Å². The van der Waals surface area contributed by atoms with Crippen molar-refractivity contribution in [2.45, 2.75) is 26.2 Å². The van der Waals surface area contributed by atoms with E-state index in [9.17, 15) is 0 Å². The van der Waals surface area contributed by atoms with Crippen molar-refractivity contribution >= 4 is 5.96 Å². The summed E-state index contributed by atoms with van der Waals surface area (Å²) in [5.74, 6) is 1.95. The van der Waals surface area contributed by atoms with E-state index in [1.807, 2.05) is 19.2 Å². The average molecular weight is 237 g/mol. The van der Waals surface area contributed by atoms with E-state index in [4.69, 9.17) is 4.42 Å². The molecule has 1 heterocycles. The highest BCUT2D eigenvalue weighted by atomic mass is 16.3. The van der Waals surface area contributed by atoms with E-state index in [1.165, 1.54) is 12.8 Å². The quantitative estimate of drug-likeness (QED) is 0.608. The van der Waals surface area contributed by atoms with Crippen molar-refractivity contribution in [1.29, 1.82) is 0 Å². The fourth-order valence-electron chi connectivity index (χ4n) is 1.64. The van der Waals surface area contributed by atoms with E-state index >= 15 is 0 Å². The van der Waals surface area contributed by atoms with Gasteiger partial charge in [-0.3, -0.25) is 4.99 Å². The maximum absolute atomic E-state index is 5.28. The SMILES string of the molecule is CCCCN(C)C(=NC)NCCc1ccco1. The van der Waals surface area contributed by atoms with Crippen LogP contribution in [0.1, 0.15) is 25.5 Å². The van der Waals surface area contributed by atoms with Gasteiger partial charge < -0.3 is 14.6 Å². The largest absolute Gasteiger partial charge is 0.469 e. The molecular formula is C13H23N3O. The van der Waals surface area contributed by atoms with Crippen LogP contribution >= 0.6 is 0 Å². The fraction of sp³-hybridized carbons (Fsp3) is 0.615. The van der Waals surface area contributed by atoms with Gasteiger partial charge >= 0.3 is 0 Å². The maximum Gasteiger partial charge on any atom is 0.193 e. The summed E-state index contributed by atoms with van der Waals surface area (Å²) in [6.07, 6.45) is 4.98. The standard InChI is InChI=1S/C13H23N3O/c1-4-5-10-16(3)13(14-2)15-9-8-12-7-6-11-17-12/h6-7,11H,4-5,8-10H2,1-3H3,(H,14,15). The molecule has 0 aliphatic heterocycles. The molecule has 0 amide bonds. The minimum Gasteiger partial charge on any atom is -0.469 e. The van der Waals surface area contributed by atoms with E-state index in [0.29, 0.717) is 0 Å². The first-order chi connectivity index (χ1) is 8.27. The first kappa shape index (κ1) is 13.6. The molecule has 96 valence electrons. The second kappa shape index (κ2) is 7.76. The van der Waals surface area contributed by atoms with Gasteiger partial charge in [-0.25, -0.2) is 0 Å². The van der Waals surface area contributed by atoms with Crippen LogP contribution in [0.2, 0.25) is 0 Å². The van der Waals surface area contributed by atoms with Crippen molar-refractivity contribution in [3.05, 3.63) is 24.2 Å². The van der Waals surface area contributed by atoms with Gasteiger partial charge in [0.25, 0.3) is 0 Å². The molecule has 4 nitrogen and oxygen atoms in total. The third kappa shape index (κ3) is 4.93. The number of rotatable bonds is 6. The number of nitrogens with one attached hydrogen (secondary N) is 1. The van der Waals surface area contributed by atoms with E-state index in [2.05, 4.69) is 29.2 Å². The van der Waals surface area contributed by atoms with Crippen LogP contribution in [0, 0.1) is 0 Å². The van der Waals surface area contributed by atoms with Crippen molar-refractivity contribution in [3.63, 3.8) is 0 Å². The Morgan fingerprint density at radius 1 is 1.53 bits per heavy atom. The second-order valence-corrected chi connectivity index (χ2v) is 4.08. The van der Waals surface area contributed by atoms with Gasteiger partial charge in [-0.2, -0.15) is 0 Å². The normalized spacial score (nSPS) is 11.6. The first-order valence-corrected chi connectivity index (χ1v) is 6.22. The van der Waals surface area contributed by atoms with Gasteiger partial charge in [-0.15, -0.1) is 0 Å². The molecular weight excluding hydrogens is 214 g/mol. The topological polar surface area (TPSA) is 40.8 Å². The molecule has 4 heteroatoms. The number of unbranched alkanes of at least 4 members (excludes halogenated alkanes) is 1. The van der Waals surface area contributed by atoms with Gasteiger partial charge in [-0.1, -0.05) is 13.3 Å². The molecule has 0 fully saturated rings. The molecule has 0 bridgehead atoms. The highest BCUT2D eigenvalue weighted by Crippen LogP contribution is 2.00. The van der Waals surface area contributed by atoms with Crippen molar-refractivity contribution in [1.82, 2.24) is 10.2 Å². The monoisotopic (exact) mass is 237 g/mol. The number of furan rings is 1. The van der Waals surface area contributed by atoms with Crippen LogP contribution in [0.5, 0.6) is 0 Å². The zero-order chi connectivity index (χ0) is 12.5. The van der Waals surface area contributed by atoms with Gasteiger partial charge in [0.2, 0.25) is 0 Å². The van der Waals surface area contributed by atoms with Crippen LogP contribution in [0.15, 0.2) is 27.8 Å². The maximum atomic E-state index is 5.28. The number of aliphatic imine (C=N–C) groups is 1. The summed E-state index contributed by atoms with van der Waals surface area (Å²) < 4.78 is 5.28. The Balaban J connectivity index is 2.27. The molecule has 1 aromatic heterocycles. The zero-order valence-corrected chi connectivity index (χ0v) is 11.1. The molecule has 0 spiro atoms.